The summed E-state index contributed by atoms with van der Waals surface area (Å²) in [6, 6.07) is 11.7. The standard InChI is InChI=1S/C21H19Cl2N3O4/c1-13(27)14-6-7-18(19(10-14)29-2)30-12-21(28)25-20-8-9-24-26(20)11-15-16(22)4-3-5-17(15)23/h3-10H,11-12H2,1-2H3,(H,25,28). The molecule has 0 aliphatic heterocycles. The lowest BCUT2D eigenvalue weighted by atomic mass is 10.1. The molecule has 156 valence electrons. The lowest BCUT2D eigenvalue weighted by molar-refractivity contribution is -0.118. The molecule has 1 heterocycles. The minimum absolute atomic E-state index is 0.0931. The Labute approximate surface area is 183 Å². The maximum absolute atomic E-state index is 12.4. The van der Waals surface area contributed by atoms with E-state index in [1.807, 2.05) is 0 Å². The molecular formula is C21H19Cl2N3O4. The molecule has 0 saturated carbocycles. The van der Waals surface area contributed by atoms with Gasteiger partial charge >= 0.3 is 0 Å². The minimum Gasteiger partial charge on any atom is -0.493 e. The molecule has 0 aliphatic rings. The zero-order valence-electron chi connectivity index (χ0n) is 16.3. The van der Waals surface area contributed by atoms with Gasteiger partial charge in [0.2, 0.25) is 0 Å². The Morgan fingerprint density at radius 2 is 1.83 bits per heavy atom. The molecule has 0 atom stereocenters. The Bertz CT molecular complexity index is 1060. The van der Waals surface area contributed by atoms with Crippen molar-refractivity contribution in [1.82, 2.24) is 9.78 Å². The molecule has 0 aliphatic carbocycles. The van der Waals surface area contributed by atoms with Crippen molar-refractivity contribution in [3.8, 4) is 11.5 Å². The van der Waals surface area contributed by atoms with Crippen molar-refractivity contribution in [2.24, 2.45) is 0 Å². The molecule has 0 radical (unpaired) electrons. The van der Waals surface area contributed by atoms with Gasteiger partial charge in [0.25, 0.3) is 5.91 Å². The molecule has 9 heteroatoms. The van der Waals surface area contributed by atoms with Gasteiger partial charge in [-0.2, -0.15) is 5.10 Å². The second-order valence-electron chi connectivity index (χ2n) is 6.33. The number of benzene rings is 2. The van der Waals surface area contributed by atoms with Gasteiger partial charge in [-0.1, -0.05) is 29.3 Å². The number of rotatable bonds is 8. The number of anilines is 1. The number of ether oxygens (including phenoxy) is 2. The Kier molecular flexibility index (Phi) is 6.97. The molecule has 0 unspecified atom stereocenters. The van der Waals surface area contributed by atoms with Gasteiger partial charge in [-0.3, -0.25) is 9.59 Å². The van der Waals surface area contributed by atoms with Crippen molar-refractivity contribution in [3.05, 3.63) is 69.8 Å². The van der Waals surface area contributed by atoms with E-state index in [0.717, 1.165) is 0 Å². The van der Waals surface area contributed by atoms with Crippen molar-refractivity contribution in [1.29, 1.82) is 0 Å². The van der Waals surface area contributed by atoms with E-state index in [2.05, 4.69) is 10.4 Å². The van der Waals surface area contributed by atoms with Crippen LogP contribution in [0.2, 0.25) is 10.0 Å². The van der Waals surface area contributed by atoms with Crippen LogP contribution in [0.3, 0.4) is 0 Å². The van der Waals surface area contributed by atoms with Crippen LogP contribution in [0.25, 0.3) is 0 Å². The molecule has 1 N–H and O–H groups in total. The number of Topliss-reactive ketones (excluding diaryl/α,β-unsaturated/α-hetero) is 1. The number of methoxy groups -OCH3 is 1. The predicted molar refractivity (Wildman–Crippen MR) is 115 cm³/mol. The third-order valence-corrected chi connectivity index (χ3v) is 4.99. The molecule has 0 spiro atoms. The van der Waals surface area contributed by atoms with Gasteiger partial charge in [-0.25, -0.2) is 4.68 Å². The summed E-state index contributed by atoms with van der Waals surface area (Å²) in [6.45, 7) is 1.50. The first-order chi connectivity index (χ1) is 14.4. The molecule has 3 rings (SSSR count). The molecule has 1 amide bonds. The van der Waals surface area contributed by atoms with Crippen LogP contribution in [0.1, 0.15) is 22.8 Å². The van der Waals surface area contributed by atoms with Crippen molar-refractivity contribution in [3.63, 3.8) is 0 Å². The van der Waals surface area contributed by atoms with Gasteiger partial charge in [0, 0.05) is 27.2 Å². The molecule has 0 saturated heterocycles. The number of halogens is 2. The molecule has 30 heavy (non-hydrogen) atoms. The number of carbonyl (C=O) groups is 2. The largest absolute Gasteiger partial charge is 0.493 e. The highest BCUT2D eigenvalue weighted by molar-refractivity contribution is 6.36. The number of carbonyl (C=O) groups excluding carboxylic acids is 2. The highest BCUT2D eigenvalue weighted by Crippen LogP contribution is 2.28. The fourth-order valence-electron chi connectivity index (χ4n) is 2.73. The molecule has 0 fully saturated rings. The van der Waals surface area contributed by atoms with Crippen LogP contribution in [0.5, 0.6) is 11.5 Å². The Morgan fingerprint density at radius 3 is 2.50 bits per heavy atom. The lowest BCUT2D eigenvalue weighted by Crippen LogP contribution is -2.22. The first kappa shape index (κ1) is 21.7. The van der Waals surface area contributed by atoms with E-state index in [1.165, 1.54) is 14.0 Å². The maximum atomic E-state index is 12.4. The topological polar surface area (TPSA) is 82.4 Å². The molecule has 3 aromatic rings. The van der Waals surface area contributed by atoms with E-state index in [1.54, 1.807) is 53.3 Å². The summed E-state index contributed by atoms with van der Waals surface area (Å²) in [6.07, 6.45) is 1.56. The van der Waals surface area contributed by atoms with Crippen molar-refractivity contribution in [2.45, 2.75) is 13.5 Å². The van der Waals surface area contributed by atoms with E-state index < -0.39 is 0 Å². The number of aromatic nitrogens is 2. The van der Waals surface area contributed by atoms with Gasteiger partial charge in [0.05, 0.1) is 19.9 Å². The summed E-state index contributed by atoms with van der Waals surface area (Å²) in [5, 5.41) is 7.98. The van der Waals surface area contributed by atoms with Crippen LogP contribution >= 0.6 is 23.2 Å². The number of nitrogens with one attached hydrogen (secondary N) is 1. The number of hydrogen-bond acceptors (Lipinski definition) is 5. The van der Waals surface area contributed by atoms with E-state index in [0.29, 0.717) is 45.0 Å². The monoisotopic (exact) mass is 447 g/mol. The summed E-state index contributed by atoms with van der Waals surface area (Å²) >= 11 is 12.4. The summed E-state index contributed by atoms with van der Waals surface area (Å²) in [5.41, 5.74) is 1.19. The van der Waals surface area contributed by atoms with Crippen LogP contribution < -0.4 is 14.8 Å². The van der Waals surface area contributed by atoms with Gasteiger partial charge in [0.15, 0.2) is 23.9 Å². The first-order valence-corrected chi connectivity index (χ1v) is 9.71. The van der Waals surface area contributed by atoms with E-state index in [-0.39, 0.29) is 18.3 Å². The van der Waals surface area contributed by atoms with Gasteiger partial charge in [-0.05, 0) is 37.3 Å². The normalized spacial score (nSPS) is 10.5. The zero-order chi connectivity index (χ0) is 21.7. The number of ketones is 1. The third kappa shape index (κ3) is 5.11. The molecule has 0 bridgehead atoms. The number of nitrogens with zero attached hydrogens (tertiary/aromatic N) is 2. The summed E-state index contributed by atoms with van der Waals surface area (Å²) in [7, 11) is 1.46. The van der Waals surface area contributed by atoms with Crippen LogP contribution in [0.15, 0.2) is 48.7 Å². The second-order valence-corrected chi connectivity index (χ2v) is 7.15. The summed E-state index contributed by atoms with van der Waals surface area (Å²) < 4.78 is 12.4. The fourth-order valence-corrected chi connectivity index (χ4v) is 3.24. The summed E-state index contributed by atoms with van der Waals surface area (Å²) in [5.74, 6) is 0.713. The third-order valence-electron chi connectivity index (χ3n) is 4.28. The Morgan fingerprint density at radius 1 is 1.10 bits per heavy atom. The van der Waals surface area contributed by atoms with Crippen LogP contribution in [-0.4, -0.2) is 35.2 Å². The van der Waals surface area contributed by atoms with E-state index in [4.69, 9.17) is 32.7 Å². The zero-order valence-corrected chi connectivity index (χ0v) is 17.8. The van der Waals surface area contributed by atoms with Gasteiger partial charge in [0.1, 0.15) is 5.82 Å². The molecule has 2 aromatic carbocycles. The van der Waals surface area contributed by atoms with Crippen molar-refractivity contribution in [2.75, 3.05) is 19.0 Å². The minimum atomic E-state index is -0.389. The van der Waals surface area contributed by atoms with Crippen LogP contribution in [0, 0.1) is 0 Å². The van der Waals surface area contributed by atoms with Crippen LogP contribution in [-0.2, 0) is 11.3 Å². The van der Waals surface area contributed by atoms with Crippen molar-refractivity contribution >= 4 is 40.7 Å². The average Bonchev–Trinajstić information content (AvgIpc) is 3.15. The fraction of sp³-hybridized carbons (Fsp3) is 0.190. The van der Waals surface area contributed by atoms with Gasteiger partial charge in [-0.15, -0.1) is 0 Å². The van der Waals surface area contributed by atoms with Crippen molar-refractivity contribution < 1.29 is 19.1 Å². The maximum Gasteiger partial charge on any atom is 0.263 e. The second kappa shape index (κ2) is 9.65. The quantitative estimate of drug-likeness (QED) is 0.515. The lowest BCUT2D eigenvalue weighted by Gasteiger charge is -2.13. The Balaban J connectivity index is 1.66. The predicted octanol–water partition coefficient (Wildman–Crippen LogP) is 4.47. The first-order valence-electron chi connectivity index (χ1n) is 8.95. The number of hydrogen-bond donors (Lipinski definition) is 1. The highest BCUT2D eigenvalue weighted by Gasteiger charge is 2.14. The van der Waals surface area contributed by atoms with E-state index in [9.17, 15) is 9.59 Å². The highest BCUT2D eigenvalue weighted by atomic mass is 35.5. The average molecular weight is 448 g/mol. The molecule has 7 nitrogen and oxygen atoms in total. The summed E-state index contributed by atoms with van der Waals surface area (Å²) in [4.78, 5) is 23.9. The smallest absolute Gasteiger partial charge is 0.263 e. The molecular weight excluding hydrogens is 429 g/mol. The van der Waals surface area contributed by atoms with Gasteiger partial charge < -0.3 is 14.8 Å². The SMILES string of the molecule is COc1cc(C(C)=O)ccc1OCC(=O)Nc1ccnn1Cc1c(Cl)cccc1Cl. The number of amides is 1. The Hall–Kier alpha value is -3.03. The van der Waals surface area contributed by atoms with E-state index >= 15 is 0 Å². The van der Waals surface area contributed by atoms with Crippen LogP contribution in [0.4, 0.5) is 5.82 Å². The molecule has 1 aromatic heterocycles.